The van der Waals surface area contributed by atoms with Crippen LogP contribution in [0.4, 0.5) is 0 Å². The molecule has 0 spiro atoms. The molecule has 0 aliphatic heterocycles. The van der Waals surface area contributed by atoms with E-state index < -0.39 is 22.0 Å². The molecule has 0 aromatic heterocycles. The molecule has 3 aromatic carbocycles. The molecule has 2 atom stereocenters. The predicted octanol–water partition coefficient (Wildman–Crippen LogP) is 5.16. The van der Waals surface area contributed by atoms with Crippen LogP contribution in [0, 0.1) is 0 Å². The van der Waals surface area contributed by atoms with Gasteiger partial charge in [-0.05, 0) is 61.7 Å². The molecule has 9 heteroatoms. The van der Waals surface area contributed by atoms with Crippen molar-refractivity contribution in [1.29, 1.82) is 0 Å². The molecule has 0 aliphatic carbocycles. The number of amides is 1. The summed E-state index contributed by atoms with van der Waals surface area (Å²) in [7, 11) is -4.05. The van der Waals surface area contributed by atoms with Crippen molar-refractivity contribution in [1.82, 2.24) is 10.0 Å². The SMILES string of the molecule is CCOc1ccc(S(=O)(=O)N[C@H](Cc2ccccc2)C(=O)N[C@H](C)c2ccc(Cl)cc2)cc1Cl. The third kappa shape index (κ3) is 6.96. The maximum Gasteiger partial charge on any atom is 0.241 e. The maximum absolute atomic E-state index is 13.2. The van der Waals surface area contributed by atoms with Crippen LogP contribution in [-0.2, 0) is 21.2 Å². The van der Waals surface area contributed by atoms with Crippen LogP contribution < -0.4 is 14.8 Å². The summed E-state index contributed by atoms with van der Waals surface area (Å²) in [6.45, 7) is 4.02. The molecule has 0 aliphatic rings. The summed E-state index contributed by atoms with van der Waals surface area (Å²) in [6.07, 6.45) is 0.171. The summed E-state index contributed by atoms with van der Waals surface area (Å²) in [5.41, 5.74) is 1.66. The third-order valence-electron chi connectivity index (χ3n) is 5.14. The summed E-state index contributed by atoms with van der Waals surface area (Å²) in [5.74, 6) is -0.0644. The number of carbonyl (C=O) groups is 1. The Morgan fingerprint density at radius 1 is 1.00 bits per heavy atom. The van der Waals surface area contributed by atoms with E-state index in [1.807, 2.05) is 49.4 Å². The second kappa shape index (κ2) is 11.7. The van der Waals surface area contributed by atoms with Gasteiger partial charge in [0.25, 0.3) is 0 Å². The molecule has 34 heavy (non-hydrogen) atoms. The average Bonchev–Trinajstić information content (AvgIpc) is 2.81. The molecule has 6 nitrogen and oxygen atoms in total. The Bertz CT molecular complexity index is 1220. The summed E-state index contributed by atoms with van der Waals surface area (Å²) in [5, 5.41) is 3.65. The lowest BCUT2D eigenvalue weighted by molar-refractivity contribution is -0.123. The van der Waals surface area contributed by atoms with Gasteiger partial charge in [-0.15, -0.1) is 0 Å². The highest BCUT2D eigenvalue weighted by Gasteiger charge is 2.27. The fourth-order valence-corrected chi connectivity index (χ4v) is 5.01. The van der Waals surface area contributed by atoms with Gasteiger partial charge < -0.3 is 10.1 Å². The smallest absolute Gasteiger partial charge is 0.241 e. The molecule has 0 bridgehead atoms. The van der Waals surface area contributed by atoms with Crippen molar-refractivity contribution in [3.05, 3.63) is 94.0 Å². The second-order valence-corrected chi connectivity index (χ2v) is 10.2. The Hall–Kier alpha value is -2.58. The fourth-order valence-electron chi connectivity index (χ4n) is 3.36. The van der Waals surface area contributed by atoms with Gasteiger partial charge in [0.1, 0.15) is 11.8 Å². The molecule has 0 radical (unpaired) electrons. The molecular formula is C25H26Cl2N2O4S. The van der Waals surface area contributed by atoms with Gasteiger partial charge in [-0.1, -0.05) is 65.7 Å². The fraction of sp³-hybridized carbons (Fsp3) is 0.240. The highest BCUT2D eigenvalue weighted by atomic mass is 35.5. The minimum atomic E-state index is -4.05. The zero-order valence-corrected chi connectivity index (χ0v) is 21.1. The van der Waals surface area contributed by atoms with Crippen LogP contribution in [0.25, 0.3) is 0 Å². The van der Waals surface area contributed by atoms with Gasteiger partial charge in [0, 0.05) is 5.02 Å². The van der Waals surface area contributed by atoms with Crippen molar-refractivity contribution >= 4 is 39.1 Å². The summed E-state index contributed by atoms with van der Waals surface area (Å²) in [4.78, 5) is 13.1. The number of ether oxygens (including phenoxy) is 1. The van der Waals surface area contributed by atoms with E-state index in [0.717, 1.165) is 11.1 Å². The number of nitrogens with one attached hydrogen (secondary N) is 2. The zero-order valence-electron chi connectivity index (χ0n) is 18.8. The van der Waals surface area contributed by atoms with E-state index in [-0.39, 0.29) is 22.4 Å². The highest BCUT2D eigenvalue weighted by Crippen LogP contribution is 2.27. The Morgan fingerprint density at radius 3 is 2.29 bits per heavy atom. The molecule has 3 rings (SSSR count). The van der Waals surface area contributed by atoms with Crippen molar-refractivity contribution in [2.75, 3.05) is 6.61 Å². The number of sulfonamides is 1. The van der Waals surface area contributed by atoms with Crippen molar-refractivity contribution in [3.8, 4) is 5.75 Å². The van der Waals surface area contributed by atoms with Gasteiger partial charge in [-0.2, -0.15) is 4.72 Å². The molecule has 3 aromatic rings. The molecule has 0 saturated heterocycles. The van der Waals surface area contributed by atoms with Crippen LogP contribution in [0.2, 0.25) is 10.0 Å². The first-order chi connectivity index (χ1) is 16.2. The van der Waals surface area contributed by atoms with Gasteiger partial charge in [0.15, 0.2) is 0 Å². The van der Waals surface area contributed by atoms with E-state index >= 15 is 0 Å². The van der Waals surface area contributed by atoms with Gasteiger partial charge in [0.05, 0.1) is 22.6 Å². The van der Waals surface area contributed by atoms with Crippen LogP contribution in [0.3, 0.4) is 0 Å². The third-order valence-corrected chi connectivity index (χ3v) is 7.16. The number of rotatable bonds is 10. The van der Waals surface area contributed by atoms with E-state index in [0.29, 0.717) is 17.4 Å². The summed E-state index contributed by atoms with van der Waals surface area (Å²) in [6, 6.07) is 19.1. The lowest BCUT2D eigenvalue weighted by Crippen LogP contribution is -2.48. The molecule has 2 N–H and O–H groups in total. The minimum absolute atomic E-state index is 0.0578. The van der Waals surface area contributed by atoms with Gasteiger partial charge in [-0.3, -0.25) is 4.79 Å². The maximum atomic E-state index is 13.2. The Morgan fingerprint density at radius 2 is 1.68 bits per heavy atom. The lowest BCUT2D eigenvalue weighted by atomic mass is 10.0. The van der Waals surface area contributed by atoms with E-state index in [4.69, 9.17) is 27.9 Å². The lowest BCUT2D eigenvalue weighted by Gasteiger charge is -2.22. The molecule has 0 saturated carbocycles. The van der Waals surface area contributed by atoms with E-state index in [9.17, 15) is 13.2 Å². The van der Waals surface area contributed by atoms with Gasteiger partial charge in [-0.25, -0.2) is 8.42 Å². The Kier molecular flexibility index (Phi) is 8.97. The van der Waals surface area contributed by atoms with Crippen LogP contribution >= 0.6 is 23.2 Å². The van der Waals surface area contributed by atoms with E-state index in [2.05, 4.69) is 10.0 Å². The van der Waals surface area contributed by atoms with Crippen LogP contribution in [0.15, 0.2) is 77.7 Å². The Labute approximate surface area is 210 Å². The van der Waals surface area contributed by atoms with Crippen LogP contribution in [0.5, 0.6) is 5.75 Å². The largest absolute Gasteiger partial charge is 0.492 e. The molecule has 1 amide bonds. The van der Waals surface area contributed by atoms with Crippen molar-refractivity contribution in [3.63, 3.8) is 0 Å². The number of hydrogen-bond acceptors (Lipinski definition) is 4. The van der Waals surface area contributed by atoms with Crippen molar-refractivity contribution in [2.24, 2.45) is 0 Å². The number of halogens is 2. The molecular weight excluding hydrogens is 495 g/mol. The Balaban J connectivity index is 1.84. The second-order valence-electron chi connectivity index (χ2n) is 7.67. The van der Waals surface area contributed by atoms with E-state index in [1.54, 1.807) is 19.1 Å². The zero-order chi connectivity index (χ0) is 24.7. The molecule has 180 valence electrons. The van der Waals surface area contributed by atoms with Gasteiger partial charge >= 0.3 is 0 Å². The molecule has 0 fully saturated rings. The molecule has 0 unspecified atom stereocenters. The monoisotopic (exact) mass is 520 g/mol. The molecule has 0 heterocycles. The van der Waals surface area contributed by atoms with E-state index in [1.165, 1.54) is 18.2 Å². The van der Waals surface area contributed by atoms with Crippen LogP contribution in [-0.4, -0.2) is 27.0 Å². The normalized spacial score (nSPS) is 13.2. The number of hydrogen-bond donors (Lipinski definition) is 2. The quantitative estimate of drug-likeness (QED) is 0.386. The van der Waals surface area contributed by atoms with Crippen LogP contribution in [0.1, 0.15) is 31.0 Å². The number of benzene rings is 3. The van der Waals surface area contributed by atoms with Crippen molar-refractivity contribution in [2.45, 2.75) is 37.2 Å². The predicted molar refractivity (Wildman–Crippen MR) is 135 cm³/mol. The average molecular weight is 521 g/mol. The number of carbonyl (C=O) groups excluding carboxylic acids is 1. The van der Waals surface area contributed by atoms with Gasteiger partial charge in [0.2, 0.25) is 15.9 Å². The van der Waals surface area contributed by atoms with Crippen molar-refractivity contribution < 1.29 is 17.9 Å². The first-order valence-corrected chi connectivity index (χ1v) is 13.0. The highest BCUT2D eigenvalue weighted by molar-refractivity contribution is 7.89. The summed E-state index contributed by atoms with van der Waals surface area (Å²) < 4.78 is 34.2. The first kappa shape index (κ1) is 26.0. The topological polar surface area (TPSA) is 84.5 Å². The first-order valence-electron chi connectivity index (χ1n) is 10.7. The summed E-state index contributed by atoms with van der Waals surface area (Å²) >= 11 is 12.1. The standard InChI is InChI=1S/C25H26Cl2N2O4S/c1-3-33-24-14-13-21(16-22(24)27)34(31,32)29-23(15-18-7-5-4-6-8-18)25(30)28-17(2)19-9-11-20(26)12-10-19/h4-14,16-17,23,29H,3,15H2,1-2H3,(H,28,30)/t17-,23-/m1/s1. The minimum Gasteiger partial charge on any atom is -0.492 e.